The average Bonchev–Trinajstić information content (AvgIpc) is 2.42. The van der Waals surface area contributed by atoms with Gasteiger partial charge in [-0.2, -0.15) is 5.26 Å². The maximum Gasteiger partial charge on any atom is 0.169 e. The lowest BCUT2D eigenvalue weighted by molar-refractivity contribution is 0.378. The molecule has 0 atom stereocenters. The number of anilines is 1. The van der Waals surface area contributed by atoms with Gasteiger partial charge in [0.2, 0.25) is 0 Å². The van der Waals surface area contributed by atoms with Crippen molar-refractivity contribution in [3.05, 3.63) is 47.5 Å². The van der Waals surface area contributed by atoms with Crippen LogP contribution in [-0.2, 0) is 0 Å². The van der Waals surface area contributed by atoms with Gasteiger partial charge in [-0.15, -0.1) is 0 Å². The maximum atomic E-state index is 9.11. The van der Waals surface area contributed by atoms with E-state index in [0.29, 0.717) is 28.5 Å². The number of methoxy groups -OCH3 is 1. The molecule has 2 aromatic carbocycles. The fourth-order valence-electron chi connectivity index (χ4n) is 1.75. The van der Waals surface area contributed by atoms with Gasteiger partial charge in [0.05, 0.1) is 12.7 Å². The molecular formula is C15H14N2O2. The Kier molecular flexibility index (Phi) is 3.58. The lowest BCUT2D eigenvalue weighted by atomic mass is 10.1. The van der Waals surface area contributed by atoms with E-state index >= 15 is 0 Å². The molecule has 4 nitrogen and oxygen atoms in total. The molecule has 0 saturated heterocycles. The van der Waals surface area contributed by atoms with Crippen LogP contribution < -0.4 is 15.2 Å². The number of benzene rings is 2. The predicted molar refractivity (Wildman–Crippen MR) is 73.4 cm³/mol. The molecule has 19 heavy (non-hydrogen) atoms. The Morgan fingerprint density at radius 3 is 2.63 bits per heavy atom. The first-order valence-corrected chi connectivity index (χ1v) is 5.76. The minimum atomic E-state index is 0.485. The molecule has 0 amide bonds. The summed E-state index contributed by atoms with van der Waals surface area (Å²) in [6.45, 7) is 1.89. The Morgan fingerprint density at radius 2 is 1.95 bits per heavy atom. The van der Waals surface area contributed by atoms with Crippen LogP contribution in [-0.4, -0.2) is 7.11 Å². The lowest BCUT2D eigenvalue weighted by Crippen LogP contribution is -1.95. The van der Waals surface area contributed by atoms with E-state index in [1.807, 2.05) is 19.1 Å². The average molecular weight is 254 g/mol. The normalized spacial score (nSPS) is 9.74. The van der Waals surface area contributed by atoms with Crippen LogP contribution in [0, 0.1) is 18.3 Å². The van der Waals surface area contributed by atoms with E-state index in [2.05, 4.69) is 6.07 Å². The molecular weight excluding hydrogens is 240 g/mol. The second kappa shape index (κ2) is 5.32. The van der Waals surface area contributed by atoms with Crippen molar-refractivity contribution in [1.29, 1.82) is 5.26 Å². The highest BCUT2D eigenvalue weighted by molar-refractivity contribution is 5.56. The molecule has 0 spiro atoms. The Morgan fingerprint density at radius 1 is 1.16 bits per heavy atom. The highest BCUT2D eigenvalue weighted by Crippen LogP contribution is 2.35. The summed E-state index contributed by atoms with van der Waals surface area (Å²) in [7, 11) is 1.55. The van der Waals surface area contributed by atoms with Crippen molar-refractivity contribution in [1.82, 2.24) is 0 Å². The van der Waals surface area contributed by atoms with Gasteiger partial charge in [0, 0.05) is 11.8 Å². The predicted octanol–water partition coefficient (Wildman–Crippen LogP) is 3.25. The first kappa shape index (κ1) is 12.8. The van der Waals surface area contributed by atoms with Crippen molar-refractivity contribution in [2.75, 3.05) is 12.8 Å². The van der Waals surface area contributed by atoms with Crippen LogP contribution in [0.5, 0.6) is 17.2 Å². The SMILES string of the molecule is COc1cc(N)ccc1Oc1c(C)cccc1C#N. The first-order valence-electron chi connectivity index (χ1n) is 5.76. The van der Waals surface area contributed by atoms with E-state index < -0.39 is 0 Å². The van der Waals surface area contributed by atoms with E-state index in [1.165, 1.54) is 0 Å². The van der Waals surface area contributed by atoms with Crippen molar-refractivity contribution in [2.24, 2.45) is 0 Å². The van der Waals surface area contributed by atoms with Crippen LogP contribution in [0.1, 0.15) is 11.1 Å². The number of nitriles is 1. The van der Waals surface area contributed by atoms with E-state index in [-0.39, 0.29) is 0 Å². The first-order chi connectivity index (χ1) is 9.15. The van der Waals surface area contributed by atoms with Crippen LogP contribution in [0.3, 0.4) is 0 Å². The van der Waals surface area contributed by atoms with Gasteiger partial charge in [0.15, 0.2) is 11.5 Å². The number of rotatable bonds is 3. The maximum absolute atomic E-state index is 9.11. The van der Waals surface area contributed by atoms with Crippen LogP contribution in [0.4, 0.5) is 5.69 Å². The number of hydrogen-bond acceptors (Lipinski definition) is 4. The minimum absolute atomic E-state index is 0.485. The van der Waals surface area contributed by atoms with Crippen LogP contribution in [0.2, 0.25) is 0 Å². The van der Waals surface area contributed by atoms with Crippen molar-refractivity contribution in [3.8, 4) is 23.3 Å². The number of aryl methyl sites for hydroxylation is 1. The Balaban J connectivity index is 2.45. The minimum Gasteiger partial charge on any atom is -0.493 e. The molecule has 0 aliphatic carbocycles. The van der Waals surface area contributed by atoms with Gasteiger partial charge < -0.3 is 15.2 Å². The molecule has 0 bridgehead atoms. The van der Waals surface area contributed by atoms with Gasteiger partial charge >= 0.3 is 0 Å². The van der Waals surface area contributed by atoms with Crippen molar-refractivity contribution < 1.29 is 9.47 Å². The molecule has 96 valence electrons. The van der Waals surface area contributed by atoms with E-state index in [0.717, 1.165) is 5.56 Å². The van der Waals surface area contributed by atoms with Crippen molar-refractivity contribution in [3.63, 3.8) is 0 Å². The topological polar surface area (TPSA) is 68.3 Å². The van der Waals surface area contributed by atoms with Crippen molar-refractivity contribution >= 4 is 5.69 Å². The monoisotopic (exact) mass is 254 g/mol. The van der Waals surface area contributed by atoms with Crippen LogP contribution >= 0.6 is 0 Å². The van der Waals surface area contributed by atoms with Crippen molar-refractivity contribution in [2.45, 2.75) is 6.92 Å². The number of nitrogen functional groups attached to an aromatic ring is 1. The highest BCUT2D eigenvalue weighted by atomic mass is 16.5. The molecule has 2 aromatic rings. The zero-order valence-corrected chi connectivity index (χ0v) is 10.8. The highest BCUT2D eigenvalue weighted by Gasteiger charge is 2.11. The van der Waals surface area contributed by atoms with E-state index in [4.69, 9.17) is 20.5 Å². The standard InChI is InChI=1S/C15H14N2O2/c1-10-4-3-5-11(9-16)15(10)19-13-7-6-12(17)8-14(13)18-2/h3-8H,17H2,1-2H3. The molecule has 4 heteroatoms. The van der Waals surface area contributed by atoms with Gasteiger partial charge in [-0.05, 0) is 30.7 Å². The largest absolute Gasteiger partial charge is 0.493 e. The molecule has 0 fully saturated rings. The Bertz CT molecular complexity index is 645. The second-order valence-corrected chi connectivity index (χ2v) is 4.08. The van der Waals surface area contributed by atoms with E-state index in [9.17, 15) is 0 Å². The number of nitrogens with zero attached hydrogens (tertiary/aromatic N) is 1. The molecule has 2 N–H and O–H groups in total. The van der Waals surface area contributed by atoms with Gasteiger partial charge in [-0.25, -0.2) is 0 Å². The van der Waals surface area contributed by atoms with E-state index in [1.54, 1.807) is 31.4 Å². The molecule has 0 radical (unpaired) electrons. The second-order valence-electron chi connectivity index (χ2n) is 4.08. The number of para-hydroxylation sites is 1. The summed E-state index contributed by atoms with van der Waals surface area (Å²) in [4.78, 5) is 0. The van der Waals surface area contributed by atoms with Gasteiger partial charge in [0.25, 0.3) is 0 Å². The summed E-state index contributed by atoms with van der Waals surface area (Å²) in [5.74, 6) is 1.60. The quantitative estimate of drug-likeness (QED) is 0.854. The smallest absolute Gasteiger partial charge is 0.169 e. The summed E-state index contributed by atoms with van der Waals surface area (Å²) in [6.07, 6.45) is 0. The molecule has 0 unspecified atom stereocenters. The van der Waals surface area contributed by atoms with Crippen LogP contribution in [0.15, 0.2) is 36.4 Å². The zero-order valence-electron chi connectivity index (χ0n) is 10.8. The van der Waals surface area contributed by atoms with Gasteiger partial charge in [-0.1, -0.05) is 12.1 Å². The third-order valence-electron chi connectivity index (χ3n) is 2.73. The summed E-state index contributed by atoms with van der Waals surface area (Å²) < 4.78 is 11.0. The summed E-state index contributed by atoms with van der Waals surface area (Å²) in [5.41, 5.74) is 7.66. The fraction of sp³-hybridized carbons (Fsp3) is 0.133. The molecule has 0 aromatic heterocycles. The molecule has 0 heterocycles. The Hall–Kier alpha value is -2.67. The zero-order chi connectivity index (χ0) is 13.8. The molecule has 2 rings (SSSR count). The number of nitrogens with two attached hydrogens (primary N) is 1. The number of ether oxygens (including phenoxy) is 2. The molecule has 0 saturated carbocycles. The van der Waals surface area contributed by atoms with Crippen LogP contribution in [0.25, 0.3) is 0 Å². The summed E-state index contributed by atoms with van der Waals surface area (Å²) >= 11 is 0. The molecule has 0 aliphatic rings. The Labute approximate surface area is 112 Å². The fourth-order valence-corrected chi connectivity index (χ4v) is 1.75. The lowest BCUT2D eigenvalue weighted by Gasteiger charge is -2.13. The third-order valence-corrected chi connectivity index (χ3v) is 2.73. The van der Waals surface area contributed by atoms with Gasteiger partial charge in [0.1, 0.15) is 11.8 Å². The van der Waals surface area contributed by atoms with Gasteiger partial charge in [-0.3, -0.25) is 0 Å². The summed E-state index contributed by atoms with van der Waals surface area (Å²) in [6, 6.07) is 12.7. The third kappa shape index (κ3) is 2.61. The summed E-state index contributed by atoms with van der Waals surface area (Å²) in [5, 5.41) is 9.11. The number of hydrogen-bond donors (Lipinski definition) is 1. The molecule has 0 aliphatic heterocycles.